The number of pyridine rings is 1. The van der Waals surface area contributed by atoms with Gasteiger partial charge in [0.1, 0.15) is 0 Å². The Morgan fingerprint density at radius 3 is 2.53 bits per heavy atom. The van der Waals surface area contributed by atoms with Crippen LogP contribution >= 0.6 is 0 Å². The molecule has 0 aliphatic carbocycles. The lowest BCUT2D eigenvalue weighted by molar-refractivity contribution is 1.32. The van der Waals surface area contributed by atoms with Gasteiger partial charge in [-0.15, -0.1) is 6.42 Å². The number of nitrogens with zero attached hydrogens (tertiary/aromatic N) is 1. The molecule has 0 saturated carbocycles. The van der Waals surface area contributed by atoms with Crippen molar-refractivity contribution in [2.45, 2.75) is 6.92 Å². The van der Waals surface area contributed by atoms with Crippen molar-refractivity contribution in [3.05, 3.63) is 53.9 Å². The Balaban J connectivity index is 2.55. The maximum Gasteiger partial charge on any atom is 0.0358 e. The van der Waals surface area contributed by atoms with Gasteiger partial charge in [0, 0.05) is 23.5 Å². The molecule has 2 aromatic rings. The Kier molecular flexibility index (Phi) is 2.51. The summed E-state index contributed by atoms with van der Waals surface area (Å²) in [5.41, 5.74) is 4.25. The van der Waals surface area contributed by atoms with Crippen molar-refractivity contribution in [3.63, 3.8) is 0 Å². The topological polar surface area (TPSA) is 12.9 Å². The van der Waals surface area contributed by atoms with E-state index in [1.807, 2.05) is 6.07 Å². The van der Waals surface area contributed by atoms with Crippen LogP contribution in [-0.4, -0.2) is 4.98 Å². The number of aryl methyl sites for hydroxylation is 1. The summed E-state index contributed by atoms with van der Waals surface area (Å²) in [6, 6.07) is 10.1. The molecule has 0 saturated heterocycles. The molecule has 1 nitrogen and oxygen atoms in total. The van der Waals surface area contributed by atoms with E-state index in [1.54, 1.807) is 12.4 Å². The van der Waals surface area contributed by atoms with E-state index in [0.29, 0.717) is 0 Å². The normalized spacial score (nSPS) is 9.60. The SMILES string of the molecule is C#Cc1ccncc1-c1ccc(C)cc1. The third-order valence-corrected chi connectivity index (χ3v) is 2.34. The highest BCUT2D eigenvalue weighted by atomic mass is 14.6. The third kappa shape index (κ3) is 1.89. The number of benzene rings is 1. The molecular weight excluding hydrogens is 182 g/mol. The van der Waals surface area contributed by atoms with Gasteiger partial charge in [-0.3, -0.25) is 4.98 Å². The summed E-state index contributed by atoms with van der Waals surface area (Å²) in [6.07, 6.45) is 8.96. The maximum absolute atomic E-state index is 5.44. The summed E-state index contributed by atoms with van der Waals surface area (Å²) in [5.74, 6) is 2.67. The first-order valence-electron chi connectivity index (χ1n) is 4.79. The van der Waals surface area contributed by atoms with E-state index in [2.05, 4.69) is 42.1 Å². The first-order valence-corrected chi connectivity index (χ1v) is 4.79. The lowest BCUT2D eigenvalue weighted by atomic mass is 10.0. The molecule has 0 unspecified atom stereocenters. The minimum absolute atomic E-state index is 0.883. The highest BCUT2D eigenvalue weighted by Gasteiger charge is 2.01. The van der Waals surface area contributed by atoms with Crippen LogP contribution < -0.4 is 0 Å². The smallest absolute Gasteiger partial charge is 0.0358 e. The summed E-state index contributed by atoms with van der Waals surface area (Å²) in [4.78, 5) is 4.10. The van der Waals surface area contributed by atoms with Crippen LogP contribution in [0.1, 0.15) is 11.1 Å². The van der Waals surface area contributed by atoms with Crippen molar-refractivity contribution in [1.29, 1.82) is 0 Å². The zero-order valence-electron chi connectivity index (χ0n) is 8.57. The van der Waals surface area contributed by atoms with E-state index in [9.17, 15) is 0 Å². The van der Waals surface area contributed by atoms with Gasteiger partial charge < -0.3 is 0 Å². The molecule has 0 aliphatic heterocycles. The van der Waals surface area contributed by atoms with Gasteiger partial charge in [0.15, 0.2) is 0 Å². The van der Waals surface area contributed by atoms with Crippen molar-refractivity contribution in [3.8, 4) is 23.5 Å². The zero-order valence-corrected chi connectivity index (χ0v) is 8.57. The molecule has 1 aromatic heterocycles. The molecule has 15 heavy (non-hydrogen) atoms. The summed E-state index contributed by atoms with van der Waals surface area (Å²) in [7, 11) is 0. The summed E-state index contributed by atoms with van der Waals surface area (Å²) in [6.45, 7) is 2.06. The van der Waals surface area contributed by atoms with Gasteiger partial charge >= 0.3 is 0 Å². The molecule has 0 aliphatic rings. The molecule has 0 N–H and O–H groups in total. The number of aromatic nitrogens is 1. The van der Waals surface area contributed by atoms with Gasteiger partial charge in [0.25, 0.3) is 0 Å². The second-order valence-corrected chi connectivity index (χ2v) is 3.43. The Labute approximate surface area is 89.8 Å². The molecule has 72 valence electrons. The maximum atomic E-state index is 5.44. The zero-order chi connectivity index (χ0) is 10.7. The van der Waals surface area contributed by atoms with Gasteiger partial charge in [-0.2, -0.15) is 0 Å². The summed E-state index contributed by atoms with van der Waals surface area (Å²) < 4.78 is 0. The van der Waals surface area contributed by atoms with Crippen molar-refractivity contribution in [2.75, 3.05) is 0 Å². The van der Waals surface area contributed by atoms with E-state index >= 15 is 0 Å². The third-order valence-electron chi connectivity index (χ3n) is 2.34. The van der Waals surface area contributed by atoms with Crippen LogP contribution in [0.5, 0.6) is 0 Å². The molecule has 1 heteroatoms. The fraction of sp³-hybridized carbons (Fsp3) is 0.0714. The molecule has 1 aromatic carbocycles. The Morgan fingerprint density at radius 2 is 1.87 bits per heavy atom. The number of terminal acetylenes is 1. The standard InChI is InChI=1S/C14H11N/c1-3-12-8-9-15-10-14(12)13-6-4-11(2)5-7-13/h1,4-10H,2H3. The minimum Gasteiger partial charge on any atom is -0.264 e. The van der Waals surface area contributed by atoms with Crippen LogP contribution in [0.25, 0.3) is 11.1 Å². The van der Waals surface area contributed by atoms with Crippen molar-refractivity contribution >= 4 is 0 Å². The van der Waals surface area contributed by atoms with Gasteiger partial charge in [0.05, 0.1) is 0 Å². The highest BCUT2D eigenvalue weighted by Crippen LogP contribution is 2.22. The molecule has 0 radical (unpaired) electrons. The molecule has 0 atom stereocenters. The first-order chi connectivity index (χ1) is 7.31. The Bertz CT molecular complexity index is 504. The molecule has 0 bridgehead atoms. The minimum atomic E-state index is 0.883. The lowest BCUT2D eigenvalue weighted by Gasteiger charge is -2.04. The molecule has 0 fully saturated rings. The van der Waals surface area contributed by atoms with E-state index in [4.69, 9.17) is 6.42 Å². The molecular formula is C14H11N. The van der Waals surface area contributed by atoms with E-state index in [-0.39, 0.29) is 0 Å². The number of rotatable bonds is 1. The number of hydrogen-bond donors (Lipinski definition) is 0. The predicted octanol–water partition coefficient (Wildman–Crippen LogP) is 3.04. The van der Waals surface area contributed by atoms with Crippen LogP contribution in [0, 0.1) is 19.3 Å². The van der Waals surface area contributed by atoms with Crippen molar-refractivity contribution in [2.24, 2.45) is 0 Å². The molecule has 2 rings (SSSR count). The lowest BCUT2D eigenvalue weighted by Crippen LogP contribution is -1.85. The van der Waals surface area contributed by atoms with Crippen LogP contribution in [0.2, 0.25) is 0 Å². The Hall–Kier alpha value is -2.07. The van der Waals surface area contributed by atoms with Crippen LogP contribution in [0.3, 0.4) is 0 Å². The average molecular weight is 193 g/mol. The second-order valence-electron chi connectivity index (χ2n) is 3.43. The quantitative estimate of drug-likeness (QED) is 0.634. The van der Waals surface area contributed by atoms with Gasteiger partial charge in [-0.1, -0.05) is 35.7 Å². The molecule has 1 heterocycles. The van der Waals surface area contributed by atoms with E-state index < -0.39 is 0 Å². The fourth-order valence-corrected chi connectivity index (χ4v) is 1.48. The van der Waals surface area contributed by atoms with Crippen LogP contribution in [0.15, 0.2) is 42.7 Å². The first kappa shape index (κ1) is 9.48. The van der Waals surface area contributed by atoms with Crippen molar-refractivity contribution in [1.82, 2.24) is 4.98 Å². The van der Waals surface area contributed by atoms with Gasteiger partial charge in [-0.25, -0.2) is 0 Å². The van der Waals surface area contributed by atoms with E-state index in [0.717, 1.165) is 16.7 Å². The van der Waals surface area contributed by atoms with Gasteiger partial charge in [-0.05, 0) is 18.6 Å². The van der Waals surface area contributed by atoms with E-state index in [1.165, 1.54) is 5.56 Å². The van der Waals surface area contributed by atoms with Crippen molar-refractivity contribution < 1.29 is 0 Å². The van der Waals surface area contributed by atoms with Gasteiger partial charge in [0.2, 0.25) is 0 Å². The Morgan fingerprint density at radius 1 is 1.13 bits per heavy atom. The predicted molar refractivity (Wildman–Crippen MR) is 62.3 cm³/mol. The number of hydrogen-bond acceptors (Lipinski definition) is 1. The fourth-order valence-electron chi connectivity index (χ4n) is 1.48. The average Bonchev–Trinajstić information content (AvgIpc) is 2.30. The summed E-state index contributed by atoms with van der Waals surface area (Å²) in [5, 5.41) is 0. The van der Waals surface area contributed by atoms with Crippen LogP contribution in [-0.2, 0) is 0 Å². The molecule has 0 spiro atoms. The molecule has 0 amide bonds. The summed E-state index contributed by atoms with van der Waals surface area (Å²) >= 11 is 0. The highest BCUT2D eigenvalue weighted by molar-refractivity contribution is 5.69. The largest absolute Gasteiger partial charge is 0.264 e. The monoisotopic (exact) mass is 193 g/mol. The van der Waals surface area contributed by atoms with Crippen LogP contribution in [0.4, 0.5) is 0 Å². The second kappa shape index (κ2) is 3.98.